The third-order valence-electron chi connectivity index (χ3n) is 1.77. The summed E-state index contributed by atoms with van der Waals surface area (Å²) in [6, 6.07) is 3.34. The van der Waals surface area contributed by atoms with E-state index in [1.807, 2.05) is 6.07 Å². The average molecular weight is 237 g/mol. The van der Waals surface area contributed by atoms with Crippen molar-refractivity contribution in [2.75, 3.05) is 7.05 Å². The number of hydrogen-bond acceptors (Lipinski definition) is 5. The van der Waals surface area contributed by atoms with Crippen LogP contribution < -0.4 is 0 Å². The van der Waals surface area contributed by atoms with Crippen LogP contribution in [-0.2, 0) is 11.3 Å². The van der Waals surface area contributed by atoms with Crippen LogP contribution in [0, 0.1) is 11.3 Å². The Morgan fingerprint density at radius 1 is 1.65 bits per heavy atom. The summed E-state index contributed by atoms with van der Waals surface area (Å²) in [5.74, 6) is 0.440. The van der Waals surface area contributed by atoms with Crippen molar-refractivity contribution in [3.8, 4) is 6.07 Å². The Labute approximate surface area is 99.7 Å². The first-order valence-corrected chi connectivity index (χ1v) is 5.11. The number of aromatic nitrogens is 1. The second-order valence-corrected chi connectivity index (χ2v) is 4.63. The molecule has 0 aliphatic carbocycles. The highest BCUT2D eigenvalue weighted by Crippen LogP contribution is 2.11. The van der Waals surface area contributed by atoms with Gasteiger partial charge in [-0.25, -0.2) is 4.79 Å². The summed E-state index contributed by atoms with van der Waals surface area (Å²) in [4.78, 5) is 13.0. The first-order valence-electron chi connectivity index (χ1n) is 5.11. The number of hydrogen-bond donors (Lipinski definition) is 0. The second kappa shape index (κ2) is 4.87. The Balaban J connectivity index is 2.57. The van der Waals surface area contributed by atoms with Crippen LogP contribution in [0.3, 0.4) is 0 Å². The molecule has 6 heteroatoms. The number of carbonyl (C=O) groups is 1. The van der Waals surface area contributed by atoms with Crippen molar-refractivity contribution in [2.24, 2.45) is 0 Å². The van der Waals surface area contributed by atoms with E-state index in [4.69, 9.17) is 14.5 Å². The van der Waals surface area contributed by atoms with Gasteiger partial charge in [-0.1, -0.05) is 5.16 Å². The van der Waals surface area contributed by atoms with Gasteiger partial charge < -0.3 is 14.2 Å². The van der Waals surface area contributed by atoms with Crippen molar-refractivity contribution in [1.29, 1.82) is 5.26 Å². The van der Waals surface area contributed by atoms with Crippen LogP contribution in [0.2, 0.25) is 0 Å². The number of nitrogens with zero attached hydrogens (tertiary/aromatic N) is 3. The highest BCUT2D eigenvalue weighted by Gasteiger charge is 2.20. The first kappa shape index (κ1) is 13.0. The third kappa shape index (κ3) is 4.15. The van der Waals surface area contributed by atoms with Gasteiger partial charge >= 0.3 is 6.09 Å². The van der Waals surface area contributed by atoms with Gasteiger partial charge in [-0.05, 0) is 20.8 Å². The molecule has 0 fully saturated rings. The lowest BCUT2D eigenvalue weighted by molar-refractivity contribution is 0.0271. The summed E-state index contributed by atoms with van der Waals surface area (Å²) in [5.41, 5.74) is -0.345. The fourth-order valence-electron chi connectivity index (χ4n) is 1.08. The van der Waals surface area contributed by atoms with E-state index in [0.29, 0.717) is 5.76 Å². The number of ether oxygens (including phenoxy) is 1. The molecule has 1 heterocycles. The molecule has 0 aromatic carbocycles. The molecule has 0 saturated carbocycles. The fraction of sp³-hybridized carbons (Fsp3) is 0.545. The smallest absolute Gasteiger partial charge is 0.410 e. The average Bonchev–Trinajstić information content (AvgIpc) is 2.62. The van der Waals surface area contributed by atoms with E-state index in [1.165, 1.54) is 11.0 Å². The zero-order valence-electron chi connectivity index (χ0n) is 10.4. The molecule has 92 valence electrons. The third-order valence-corrected chi connectivity index (χ3v) is 1.77. The molecule has 0 saturated heterocycles. The Morgan fingerprint density at radius 3 is 2.76 bits per heavy atom. The van der Waals surface area contributed by atoms with Crippen LogP contribution in [0.25, 0.3) is 0 Å². The van der Waals surface area contributed by atoms with Crippen molar-refractivity contribution in [3.05, 3.63) is 17.5 Å². The van der Waals surface area contributed by atoms with Gasteiger partial charge in [-0.2, -0.15) is 5.26 Å². The summed E-state index contributed by atoms with van der Waals surface area (Å²) in [7, 11) is 1.59. The summed E-state index contributed by atoms with van der Waals surface area (Å²) in [5, 5.41) is 12.1. The summed E-state index contributed by atoms with van der Waals surface area (Å²) < 4.78 is 10.0. The predicted molar refractivity (Wildman–Crippen MR) is 58.9 cm³/mol. The van der Waals surface area contributed by atoms with Crippen LogP contribution >= 0.6 is 0 Å². The van der Waals surface area contributed by atoms with Crippen LogP contribution in [-0.4, -0.2) is 28.8 Å². The quantitative estimate of drug-likeness (QED) is 0.785. The number of carbonyl (C=O) groups excluding carboxylic acids is 1. The Bertz CT molecular complexity index is 440. The minimum Gasteiger partial charge on any atom is -0.444 e. The van der Waals surface area contributed by atoms with Crippen molar-refractivity contribution in [2.45, 2.75) is 32.9 Å². The molecule has 0 aliphatic heterocycles. The van der Waals surface area contributed by atoms with Crippen molar-refractivity contribution < 1.29 is 14.1 Å². The van der Waals surface area contributed by atoms with Gasteiger partial charge in [0.2, 0.25) is 0 Å². The highest BCUT2D eigenvalue weighted by atomic mass is 16.6. The molecule has 0 atom stereocenters. The summed E-state index contributed by atoms with van der Waals surface area (Å²) in [6.45, 7) is 5.59. The van der Waals surface area contributed by atoms with Crippen LogP contribution in [0.15, 0.2) is 10.6 Å². The number of amides is 1. The maximum absolute atomic E-state index is 11.6. The van der Waals surface area contributed by atoms with E-state index in [0.717, 1.165) is 0 Å². The maximum atomic E-state index is 11.6. The van der Waals surface area contributed by atoms with Gasteiger partial charge in [0, 0.05) is 13.1 Å². The molecule has 1 rings (SSSR count). The van der Waals surface area contributed by atoms with Gasteiger partial charge in [0.1, 0.15) is 11.7 Å². The minimum absolute atomic E-state index is 0.192. The summed E-state index contributed by atoms with van der Waals surface area (Å²) in [6.07, 6.45) is -0.451. The predicted octanol–water partition coefficient (Wildman–Crippen LogP) is 1.91. The molecule has 0 N–H and O–H groups in total. The first-order chi connectivity index (χ1) is 7.81. The molecule has 0 unspecified atom stereocenters. The lowest BCUT2D eigenvalue weighted by atomic mass is 10.2. The Hall–Kier alpha value is -2.03. The van der Waals surface area contributed by atoms with Gasteiger partial charge in [0.25, 0.3) is 0 Å². The van der Waals surface area contributed by atoms with Crippen molar-refractivity contribution in [3.63, 3.8) is 0 Å². The van der Waals surface area contributed by atoms with Crippen LogP contribution in [0.5, 0.6) is 0 Å². The van der Waals surface area contributed by atoms with Crippen molar-refractivity contribution >= 4 is 6.09 Å². The van der Waals surface area contributed by atoms with Crippen LogP contribution in [0.4, 0.5) is 4.79 Å². The minimum atomic E-state index is -0.537. The van der Waals surface area contributed by atoms with E-state index < -0.39 is 11.7 Å². The zero-order valence-corrected chi connectivity index (χ0v) is 10.4. The Kier molecular flexibility index (Phi) is 3.73. The topological polar surface area (TPSA) is 79.4 Å². The van der Waals surface area contributed by atoms with E-state index in [2.05, 4.69) is 5.16 Å². The molecule has 0 radical (unpaired) electrons. The van der Waals surface area contributed by atoms with Crippen LogP contribution in [0.1, 0.15) is 32.2 Å². The zero-order chi connectivity index (χ0) is 13.1. The maximum Gasteiger partial charge on any atom is 0.410 e. The van der Waals surface area contributed by atoms with E-state index in [9.17, 15) is 4.79 Å². The van der Waals surface area contributed by atoms with Gasteiger partial charge in [-0.15, -0.1) is 0 Å². The fourth-order valence-corrected chi connectivity index (χ4v) is 1.08. The molecule has 0 bridgehead atoms. The van der Waals surface area contributed by atoms with E-state index >= 15 is 0 Å². The van der Waals surface area contributed by atoms with Gasteiger partial charge in [0.05, 0.1) is 6.54 Å². The van der Waals surface area contributed by atoms with E-state index in [-0.39, 0.29) is 12.2 Å². The number of nitriles is 1. The number of rotatable bonds is 2. The van der Waals surface area contributed by atoms with E-state index in [1.54, 1.807) is 27.8 Å². The molecule has 6 nitrogen and oxygen atoms in total. The monoisotopic (exact) mass is 237 g/mol. The largest absolute Gasteiger partial charge is 0.444 e. The van der Waals surface area contributed by atoms with Crippen molar-refractivity contribution in [1.82, 2.24) is 10.1 Å². The standard InChI is InChI=1S/C11H15N3O3/c1-11(2,3)16-10(15)14(4)7-9-5-8(6-12)13-17-9/h5H,7H2,1-4H3. The molecular formula is C11H15N3O3. The SMILES string of the molecule is CN(Cc1cc(C#N)no1)C(=O)OC(C)(C)C. The normalized spacial score (nSPS) is 10.8. The molecule has 0 spiro atoms. The lowest BCUT2D eigenvalue weighted by Crippen LogP contribution is -2.33. The van der Waals surface area contributed by atoms with Gasteiger partial charge in [-0.3, -0.25) is 0 Å². The molecule has 1 amide bonds. The molecule has 1 aromatic heterocycles. The summed E-state index contributed by atoms with van der Waals surface area (Å²) >= 11 is 0. The highest BCUT2D eigenvalue weighted by molar-refractivity contribution is 5.67. The van der Waals surface area contributed by atoms with Gasteiger partial charge in [0.15, 0.2) is 11.5 Å². The Morgan fingerprint density at radius 2 is 2.29 bits per heavy atom. The molecule has 17 heavy (non-hydrogen) atoms. The molecule has 0 aliphatic rings. The molecular weight excluding hydrogens is 222 g/mol. The second-order valence-electron chi connectivity index (χ2n) is 4.63. The lowest BCUT2D eigenvalue weighted by Gasteiger charge is -2.23. The molecule has 1 aromatic rings.